The van der Waals surface area contributed by atoms with E-state index >= 15 is 0 Å². The highest BCUT2D eigenvalue weighted by atomic mass is 16.7. The monoisotopic (exact) mass is 171 g/mol. The Morgan fingerprint density at radius 2 is 2.17 bits per heavy atom. The van der Waals surface area contributed by atoms with Crippen LogP contribution in [0.15, 0.2) is 0 Å². The Balaban J connectivity index is 1.93. The number of unbranched alkanes of at least 4 members (excludes halogenated alkanes) is 3. The van der Waals surface area contributed by atoms with Gasteiger partial charge in [0.25, 0.3) is 0 Å². The Bertz CT molecular complexity index is 116. The molecule has 1 atom stereocenters. The molecule has 0 aromatic carbocycles. The Morgan fingerprint density at radius 3 is 2.75 bits per heavy atom. The number of nitrogens with zero attached hydrogens (tertiary/aromatic N) is 1. The summed E-state index contributed by atoms with van der Waals surface area (Å²) in [4.78, 5) is 5.57. The largest absolute Gasteiger partial charge is 0.296 e. The van der Waals surface area contributed by atoms with Crippen molar-refractivity contribution in [2.75, 3.05) is 13.6 Å². The molecule has 0 saturated carbocycles. The van der Waals surface area contributed by atoms with Gasteiger partial charge in [0, 0.05) is 13.6 Å². The summed E-state index contributed by atoms with van der Waals surface area (Å²) in [7, 11) is 2.02. The van der Waals surface area contributed by atoms with Crippen LogP contribution >= 0.6 is 0 Å². The van der Waals surface area contributed by atoms with Crippen LogP contribution in [-0.2, 0) is 4.84 Å². The third-order valence-corrected chi connectivity index (χ3v) is 2.47. The van der Waals surface area contributed by atoms with E-state index in [-0.39, 0.29) is 0 Å². The first-order valence-electron chi connectivity index (χ1n) is 5.21. The number of hydroxylamine groups is 2. The van der Waals surface area contributed by atoms with Crippen LogP contribution in [0.5, 0.6) is 0 Å². The molecule has 12 heavy (non-hydrogen) atoms. The highest BCUT2D eigenvalue weighted by Crippen LogP contribution is 2.17. The second-order valence-electron chi connectivity index (χ2n) is 3.72. The third-order valence-electron chi connectivity index (χ3n) is 2.47. The van der Waals surface area contributed by atoms with Crippen molar-refractivity contribution in [3.63, 3.8) is 0 Å². The van der Waals surface area contributed by atoms with Crippen LogP contribution in [0.1, 0.15) is 45.4 Å². The summed E-state index contributed by atoms with van der Waals surface area (Å²) in [5.41, 5.74) is 0. The van der Waals surface area contributed by atoms with E-state index in [1.165, 1.54) is 38.5 Å². The highest BCUT2D eigenvalue weighted by Gasteiger charge is 2.19. The Kier molecular flexibility index (Phi) is 4.62. The topological polar surface area (TPSA) is 12.5 Å². The lowest BCUT2D eigenvalue weighted by atomic mass is 10.1. The van der Waals surface area contributed by atoms with Gasteiger partial charge in [-0.15, -0.1) is 0 Å². The van der Waals surface area contributed by atoms with Gasteiger partial charge in [-0.2, -0.15) is 5.06 Å². The number of hydrogen-bond acceptors (Lipinski definition) is 2. The summed E-state index contributed by atoms with van der Waals surface area (Å²) < 4.78 is 0. The molecule has 0 aliphatic carbocycles. The molecule has 1 fully saturated rings. The normalized spacial score (nSPS) is 25.0. The van der Waals surface area contributed by atoms with Crippen molar-refractivity contribution in [3.05, 3.63) is 0 Å². The van der Waals surface area contributed by atoms with Crippen molar-refractivity contribution in [1.29, 1.82) is 0 Å². The molecule has 0 bridgehead atoms. The third kappa shape index (κ3) is 3.55. The maximum Gasteiger partial charge on any atom is 0.0806 e. The van der Waals surface area contributed by atoms with Crippen molar-refractivity contribution >= 4 is 0 Å². The minimum absolute atomic E-state index is 0.520. The van der Waals surface area contributed by atoms with Gasteiger partial charge in [0.1, 0.15) is 0 Å². The van der Waals surface area contributed by atoms with Gasteiger partial charge in [-0.3, -0.25) is 4.84 Å². The smallest absolute Gasteiger partial charge is 0.0806 e. The highest BCUT2D eigenvalue weighted by molar-refractivity contribution is 4.64. The molecule has 1 saturated heterocycles. The lowest BCUT2D eigenvalue weighted by Crippen LogP contribution is -2.13. The molecule has 1 unspecified atom stereocenters. The molecule has 2 nitrogen and oxygen atoms in total. The van der Waals surface area contributed by atoms with Crippen molar-refractivity contribution in [3.8, 4) is 0 Å². The summed E-state index contributed by atoms with van der Waals surface area (Å²) in [6.07, 6.45) is 8.42. The molecule has 0 radical (unpaired) electrons. The maximum atomic E-state index is 5.57. The van der Waals surface area contributed by atoms with Crippen molar-refractivity contribution in [2.45, 2.75) is 51.6 Å². The Labute approximate surface area is 75.8 Å². The van der Waals surface area contributed by atoms with Crippen LogP contribution in [0.3, 0.4) is 0 Å². The second-order valence-corrected chi connectivity index (χ2v) is 3.72. The van der Waals surface area contributed by atoms with Gasteiger partial charge in [-0.05, 0) is 12.8 Å². The molecular weight excluding hydrogens is 150 g/mol. The first-order chi connectivity index (χ1) is 5.83. The van der Waals surface area contributed by atoms with E-state index in [1.54, 1.807) is 0 Å². The fourth-order valence-corrected chi connectivity index (χ4v) is 1.68. The SMILES string of the molecule is CCCCCCC1CCN(C)O1. The predicted molar refractivity (Wildman–Crippen MR) is 50.9 cm³/mol. The molecule has 1 aliphatic heterocycles. The maximum absolute atomic E-state index is 5.57. The van der Waals surface area contributed by atoms with Crippen molar-refractivity contribution in [1.82, 2.24) is 5.06 Å². The van der Waals surface area contributed by atoms with Gasteiger partial charge in [0.2, 0.25) is 0 Å². The molecule has 1 aliphatic rings. The molecule has 2 heteroatoms. The van der Waals surface area contributed by atoms with E-state index in [9.17, 15) is 0 Å². The van der Waals surface area contributed by atoms with E-state index < -0.39 is 0 Å². The minimum Gasteiger partial charge on any atom is -0.296 e. The van der Waals surface area contributed by atoms with E-state index in [4.69, 9.17) is 4.84 Å². The van der Waals surface area contributed by atoms with Crippen molar-refractivity contribution in [2.24, 2.45) is 0 Å². The predicted octanol–water partition coefficient (Wildman–Crippen LogP) is 2.59. The average Bonchev–Trinajstić information content (AvgIpc) is 2.45. The Morgan fingerprint density at radius 1 is 1.33 bits per heavy atom. The van der Waals surface area contributed by atoms with Crippen LogP contribution < -0.4 is 0 Å². The van der Waals surface area contributed by atoms with Gasteiger partial charge >= 0.3 is 0 Å². The van der Waals surface area contributed by atoms with E-state index in [1.807, 2.05) is 12.1 Å². The van der Waals surface area contributed by atoms with Gasteiger partial charge in [0.15, 0.2) is 0 Å². The average molecular weight is 171 g/mol. The standard InChI is InChI=1S/C10H21NO/c1-3-4-5-6-7-10-8-9-11(2)12-10/h10H,3-9H2,1-2H3. The zero-order chi connectivity index (χ0) is 8.81. The van der Waals surface area contributed by atoms with E-state index in [0.29, 0.717) is 6.10 Å². The van der Waals surface area contributed by atoms with Gasteiger partial charge in [0.05, 0.1) is 6.10 Å². The first kappa shape index (κ1) is 10.0. The number of rotatable bonds is 5. The van der Waals surface area contributed by atoms with Gasteiger partial charge in [-0.1, -0.05) is 32.6 Å². The molecule has 0 aromatic rings. The van der Waals surface area contributed by atoms with Crippen LogP contribution in [0.2, 0.25) is 0 Å². The van der Waals surface area contributed by atoms with Crippen LogP contribution in [-0.4, -0.2) is 24.8 Å². The van der Waals surface area contributed by atoms with Crippen molar-refractivity contribution < 1.29 is 4.84 Å². The molecule has 0 spiro atoms. The van der Waals surface area contributed by atoms with Crippen LogP contribution in [0.25, 0.3) is 0 Å². The lowest BCUT2D eigenvalue weighted by molar-refractivity contribution is -0.128. The summed E-state index contributed by atoms with van der Waals surface area (Å²) in [6.45, 7) is 3.36. The van der Waals surface area contributed by atoms with E-state index in [0.717, 1.165) is 6.54 Å². The zero-order valence-corrected chi connectivity index (χ0v) is 8.38. The molecular formula is C10H21NO. The number of hydrogen-bond donors (Lipinski definition) is 0. The first-order valence-corrected chi connectivity index (χ1v) is 5.21. The fraction of sp³-hybridized carbons (Fsp3) is 1.00. The quantitative estimate of drug-likeness (QED) is 0.589. The van der Waals surface area contributed by atoms with Crippen LogP contribution in [0.4, 0.5) is 0 Å². The summed E-state index contributed by atoms with van der Waals surface area (Å²) in [6, 6.07) is 0. The molecule has 0 aromatic heterocycles. The zero-order valence-electron chi connectivity index (χ0n) is 8.38. The van der Waals surface area contributed by atoms with Gasteiger partial charge in [-0.25, -0.2) is 0 Å². The molecule has 0 amide bonds. The fourth-order valence-electron chi connectivity index (χ4n) is 1.68. The van der Waals surface area contributed by atoms with Gasteiger partial charge < -0.3 is 0 Å². The summed E-state index contributed by atoms with van der Waals surface area (Å²) in [5, 5.41) is 1.96. The molecule has 72 valence electrons. The molecule has 1 heterocycles. The van der Waals surface area contributed by atoms with Crippen LogP contribution in [0, 0.1) is 0 Å². The minimum atomic E-state index is 0.520. The van der Waals surface area contributed by atoms with E-state index in [2.05, 4.69) is 6.92 Å². The Hall–Kier alpha value is -0.0800. The molecule has 0 N–H and O–H groups in total. The lowest BCUT2D eigenvalue weighted by Gasteiger charge is -2.10. The molecule has 1 rings (SSSR count). The summed E-state index contributed by atoms with van der Waals surface area (Å²) >= 11 is 0. The summed E-state index contributed by atoms with van der Waals surface area (Å²) in [5.74, 6) is 0. The second kappa shape index (κ2) is 5.55.